The Bertz CT molecular complexity index is 291. The molecule has 0 aliphatic rings. The Morgan fingerprint density at radius 1 is 0.688 bits per heavy atom. The molecular weight excluding hydrogens is 208 g/mol. The van der Waals surface area contributed by atoms with Crippen LogP contribution in [0, 0.1) is 26.3 Å². The zero-order valence-electron chi connectivity index (χ0n) is 8.59. The molecule has 0 N–H and O–H groups in total. The van der Waals surface area contributed by atoms with Gasteiger partial charge in [0, 0.05) is 0 Å². The van der Waals surface area contributed by atoms with Crippen LogP contribution in [0.5, 0.6) is 0 Å². The topological polar surface area (TPSA) is 35.9 Å². The molecule has 0 bridgehead atoms. The molecule has 0 atom stereocenters. The van der Waals surface area contributed by atoms with Crippen LogP contribution in [0.25, 0.3) is 19.4 Å². The molecule has 0 aromatic heterocycles. The molecule has 0 aromatic carbocycles. The maximum atomic E-state index is 6.62. The monoisotopic (exact) mass is 218 g/mol. The van der Waals surface area contributed by atoms with E-state index in [-0.39, 0.29) is 26.4 Å². The SMILES string of the molecule is [C-]#[N+]C(COCCOCC([N+]#[C-])[N+]#[C-])[N+]#[C-]. The predicted octanol–water partition coefficient (Wildman–Crippen LogP) is 1.35. The molecular formula is C10H10N4O2. The molecule has 0 amide bonds. The van der Waals surface area contributed by atoms with Gasteiger partial charge < -0.3 is 9.47 Å². The van der Waals surface area contributed by atoms with Crippen molar-refractivity contribution in [3.63, 3.8) is 0 Å². The van der Waals surface area contributed by atoms with Gasteiger partial charge in [0.15, 0.2) is 0 Å². The van der Waals surface area contributed by atoms with Crippen molar-refractivity contribution in [3.05, 3.63) is 45.7 Å². The second-order valence-electron chi connectivity index (χ2n) is 2.63. The number of hydrogen-bond donors (Lipinski definition) is 0. The van der Waals surface area contributed by atoms with Crippen LogP contribution < -0.4 is 0 Å². The Kier molecular flexibility index (Phi) is 8.19. The summed E-state index contributed by atoms with van der Waals surface area (Å²) in [6, 6.07) is 0. The van der Waals surface area contributed by atoms with Gasteiger partial charge in [0.05, 0.1) is 13.2 Å². The molecule has 0 unspecified atom stereocenters. The summed E-state index contributed by atoms with van der Waals surface area (Å²) in [4.78, 5) is 12.1. The minimum atomic E-state index is -0.792. The summed E-state index contributed by atoms with van der Waals surface area (Å²) in [5, 5.41) is 0. The van der Waals surface area contributed by atoms with Crippen LogP contribution in [0.1, 0.15) is 0 Å². The smallest absolute Gasteiger partial charge is 0.363 e. The van der Waals surface area contributed by atoms with Crippen molar-refractivity contribution in [1.29, 1.82) is 0 Å². The van der Waals surface area contributed by atoms with Gasteiger partial charge in [0.1, 0.15) is 0 Å². The van der Waals surface area contributed by atoms with Crippen LogP contribution in [0.2, 0.25) is 0 Å². The first-order valence-electron chi connectivity index (χ1n) is 4.40. The summed E-state index contributed by atoms with van der Waals surface area (Å²) >= 11 is 0. The summed E-state index contributed by atoms with van der Waals surface area (Å²) in [6.45, 7) is 27.1. The van der Waals surface area contributed by atoms with E-state index >= 15 is 0 Å². The first-order chi connectivity index (χ1) is 7.78. The molecule has 16 heavy (non-hydrogen) atoms. The molecule has 0 spiro atoms. The summed E-state index contributed by atoms with van der Waals surface area (Å²) in [7, 11) is 0. The van der Waals surface area contributed by atoms with E-state index < -0.39 is 12.3 Å². The Labute approximate surface area is 94.7 Å². The van der Waals surface area contributed by atoms with Crippen LogP contribution >= 0.6 is 0 Å². The van der Waals surface area contributed by atoms with E-state index in [2.05, 4.69) is 19.4 Å². The molecule has 0 aliphatic carbocycles. The van der Waals surface area contributed by atoms with Crippen molar-refractivity contribution in [2.75, 3.05) is 26.4 Å². The van der Waals surface area contributed by atoms with Crippen LogP contribution in [0.4, 0.5) is 0 Å². The summed E-state index contributed by atoms with van der Waals surface area (Å²) < 4.78 is 10.0. The third-order valence-corrected chi connectivity index (χ3v) is 1.50. The second kappa shape index (κ2) is 9.44. The van der Waals surface area contributed by atoms with Crippen molar-refractivity contribution < 1.29 is 9.47 Å². The molecule has 0 radical (unpaired) electrons. The number of rotatable bonds is 7. The van der Waals surface area contributed by atoms with Gasteiger partial charge in [-0.05, 0) is 0 Å². The normalized spacial score (nSPS) is 9.12. The highest BCUT2D eigenvalue weighted by Crippen LogP contribution is 1.95. The number of nitrogens with zero attached hydrogens (tertiary/aromatic N) is 4. The molecule has 0 fully saturated rings. The average molecular weight is 218 g/mol. The van der Waals surface area contributed by atoms with E-state index in [4.69, 9.17) is 35.8 Å². The van der Waals surface area contributed by atoms with Crippen LogP contribution in [0.3, 0.4) is 0 Å². The fourth-order valence-electron chi connectivity index (χ4n) is 0.702. The van der Waals surface area contributed by atoms with E-state index in [9.17, 15) is 0 Å². The summed E-state index contributed by atoms with van der Waals surface area (Å²) in [5.74, 6) is 0. The second-order valence-corrected chi connectivity index (χ2v) is 2.63. The van der Waals surface area contributed by atoms with E-state index in [1.54, 1.807) is 0 Å². The molecule has 6 nitrogen and oxygen atoms in total. The van der Waals surface area contributed by atoms with Gasteiger partial charge in [-0.3, -0.25) is 0 Å². The van der Waals surface area contributed by atoms with E-state index in [0.29, 0.717) is 0 Å². The van der Waals surface area contributed by atoms with Crippen molar-refractivity contribution >= 4 is 0 Å². The van der Waals surface area contributed by atoms with E-state index in [1.807, 2.05) is 0 Å². The number of hydrogen-bond acceptors (Lipinski definition) is 2. The lowest BCUT2D eigenvalue weighted by Crippen LogP contribution is -2.14. The van der Waals surface area contributed by atoms with Crippen LogP contribution in [-0.4, -0.2) is 38.8 Å². The highest BCUT2D eigenvalue weighted by atomic mass is 16.5. The highest BCUT2D eigenvalue weighted by molar-refractivity contribution is 4.86. The molecule has 82 valence electrons. The Morgan fingerprint density at radius 3 is 1.25 bits per heavy atom. The Balaban J connectivity index is 3.44. The van der Waals surface area contributed by atoms with Gasteiger partial charge in [0.25, 0.3) is 0 Å². The van der Waals surface area contributed by atoms with Crippen LogP contribution in [-0.2, 0) is 9.47 Å². The predicted molar refractivity (Wildman–Crippen MR) is 55.6 cm³/mol. The standard InChI is InChI=1S/C10H10N4O2/c1-11-9(12-2)7-15-5-6-16-8-10(13-3)14-4/h9-10H,5-8H2. The van der Waals surface area contributed by atoms with E-state index in [1.165, 1.54) is 0 Å². The maximum Gasteiger partial charge on any atom is 0.497 e. The minimum absolute atomic E-state index is 0.0609. The summed E-state index contributed by atoms with van der Waals surface area (Å²) in [5.41, 5.74) is 0. The molecule has 0 rings (SSSR count). The van der Waals surface area contributed by atoms with Crippen molar-refractivity contribution in [2.45, 2.75) is 12.3 Å². The van der Waals surface area contributed by atoms with Crippen molar-refractivity contribution in [3.8, 4) is 0 Å². The molecule has 0 aliphatic heterocycles. The van der Waals surface area contributed by atoms with Crippen molar-refractivity contribution in [1.82, 2.24) is 0 Å². The van der Waals surface area contributed by atoms with Gasteiger partial charge in [0.2, 0.25) is 13.2 Å². The molecule has 6 heteroatoms. The fourth-order valence-corrected chi connectivity index (χ4v) is 0.702. The lowest BCUT2D eigenvalue weighted by atomic mass is 10.5. The van der Waals surface area contributed by atoms with Gasteiger partial charge in [-0.25, -0.2) is 45.7 Å². The first kappa shape index (κ1) is 13.9. The average Bonchev–Trinajstić information content (AvgIpc) is 2.33. The maximum absolute atomic E-state index is 6.62. The zero-order valence-corrected chi connectivity index (χ0v) is 8.59. The highest BCUT2D eigenvalue weighted by Gasteiger charge is 2.16. The third-order valence-electron chi connectivity index (χ3n) is 1.50. The van der Waals surface area contributed by atoms with Gasteiger partial charge in [-0.15, -0.1) is 0 Å². The molecule has 0 saturated heterocycles. The minimum Gasteiger partial charge on any atom is -0.363 e. The van der Waals surface area contributed by atoms with Gasteiger partial charge in [-0.1, -0.05) is 0 Å². The van der Waals surface area contributed by atoms with Gasteiger partial charge in [-0.2, -0.15) is 0 Å². The lowest BCUT2D eigenvalue weighted by Gasteiger charge is -2.00. The summed E-state index contributed by atoms with van der Waals surface area (Å²) in [6.07, 6.45) is -1.58. The Hall–Kier alpha value is -2.12. The van der Waals surface area contributed by atoms with Gasteiger partial charge >= 0.3 is 12.3 Å². The number of ether oxygens (including phenoxy) is 2. The molecule has 0 aromatic rings. The molecule has 0 saturated carbocycles. The van der Waals surface area contributed by atoms with E-state index in [0.717, 1.165) is 0 Å². The van der Waals surface area contributed by atoms with Crippen molar-refractivity contribution in [2.24, 2.45) is 0 Å². The zero-order chi connectivity index (χ0) is 12.2. The Morgan fingerprint density at radius 2 is 1.00 bits per heavy atom. The van der Waals surface area contributed by atoms with Crippen LogP contribution in [0.15, 0.2) is 0 Å². The largest absolute Gasteiger partial charge is 0.497 e. The molecule has 0 heterocycles. The first-order valence-corrected chi connectivity index (χ1v) is 4.40. The quantitative estimate of drug-likeness (QED) is 0.477. The fraction of sp³-hybridized carbons (Fsp3) is 0.600. The lowest BCUT2D eigenvalue weighted by molar-refractivity contribution is 0.0486. The third kappa shape index (κ3) is 6.35.